The zero-order chi connectivity index (χ0) is 13.2. The van der Waals surface area contributed by atoms with Crippen LogP contribution in [0.3, 0.4) is 0 Å². The van der Waals surface area contributed by atoms with Gasteiger partial charge in [0.05, 0.1) is 12.7 Å². The fraction of sp³-hybridized carbons (Fsp3) is 0.0667. The SMILES string of the molecule is COc1ccccc1C=C1C(=O)Nc2ncccc21. The Morgan fingerprint density at radius 3 is 2.89 bits per heavy atom. The Hall–Kier alpha value is -2.62. The molecule has 1 amide bonds. The zero-order valence-electron chi connectivity index (χ0n) is 10.4. The Balaban J connectivity index is 2.11. The highest BCUT2D eigenvalue weighted by atomic mass is 16.5. The molecule has 0 radical (unpaired) electrons. The summed E-state index contributed by atoms with van der Waals surface area (Å²) in [7, 11) is 1.61. The van der Waals surface area contributed by atoms with Gasteiger partial charge in [0.25, 0.3) is 5.91 Å². The summed E-state index contributed by atoms with van der Waals surface area (Å²) in [4.78, 5) is 16.1. The fourth-order valence-electron chi connectivity index (χ4n) is 2.10. The van der Waals surface area contributed by atoms with Gasteiger partial charge in [-0.3, -0.25) is 4.79 Å². The molecule has 0 saturated carbocycles. The second-order valence-corrected chi connectivity index (χ2v) is 4.15. The predicted octanol–water partition coefficient (Wildman–Crippen LogP) is 2.58. The molecule has 3 rings (SSSR count). The number of ether oxygens (including phenoxy) is 1. The second kappa shape index (κ2) is 4.57. The maximum absolute atomic E-state index is 12.0. The van der Waals surface area contributed by atoms with Gasteiger partial charge in [0.15, 0.2) is 0 Å². The van der Waals surface area contributed by atoms with E-state index >= 15 is 0 Å². The van der Waals surface area contributed by atoms with Gasteiger partial charge in [-0.25, -0.2) is 4.98 Å². The third kappa shape index (κ3) is 1.97. The molecule has 1 aliphatic heterocycles. The Morgan fingerprint density at radius 2 is 2.05 bits per heavy atom. The number of nitrogens with one attached hydrogen (secondary N) is 1. The van der Waals surface area contributed by atoms with E-state index in [-0.39, 0.29) is 5.91 Å². The van der Waals surface area contributed by atoms with Crippen LogP contribution in [0.2, 0.25) is 0 Å². The first kappa shape index (κ1) is 11.5. The lowest BCUT2D eigenvalue weighted by molar-refractivity contribution is -0.110. The van der Waals surface area contributed by atoms with E-state index in [4.69, 9.17) is 4.74 Å². The topological polar surface area (TPSA) is 51.2 Å². The number of hydrogen-bond donors (Lipinski definition) is 1. The molecule has 1 aromatic carbocycles. The standard InChI is InChI=1S/C15H12N2O2/c1-19-13-7-3-2-5-10(13)9-12-11-6-4-8-16-14(11)17-15(12)18/h2-9H,1H3,(H,16,17,18). The van der Waals surface area contributed by atoms with Gasteiger partial charge in [-0.2, -0.15) is 0 Å². The maximum atomic E-state index is 12.0. The lowest BCUT2D eigenvalue weighted by Crippen LogP contribution is -2.04. The summed E-state index contributed by atoms with van der Waals surface area (Å²) in [6.45, 7) is 0. The van der Waals surface area contributed by atoms with Crippen LogP contribution in [0.25, 0.3) is 11.6 Å². The zero-order valence-corrected chi connectivity index (χ0v) is 10.4. The van der Waals surface area contributed by atoms with Crippen LogP contribution in [-0.4, -0.2) is 18.0 Å². The number of nitrogens with zero attached hydrogens (tertiary/aromatic N) is 1. The van der Waals surface area contributed by atoms with E-state index in [2.05, 4.69) is 10.3 Å². The minimum absolute atomic E-state index is 0.139. The van der Waals surface area contributed by atoms with Crippen molar-refractivity contribution in [3.05, 3.63) is 53.7 Å². The van der Waals surface area contributed by atoms with Crippen molar-refractivity contribution >= 4 is 23.4 Å². The molecule has 0 unspecified atom stereocenters. The molecule has 1 aromatic heterocycles. The molecule has 0 atom stereocenters. The first-order valence-electron chi connectivity index (χ1n) is 5.91. The molecular formula is C15H12N2O2. The normalized spacial score (nSPS) is 15.2. The lowest BCUT2D eigenvalue weighted by Gasteiger charge is -2.04. The quantitative estimate of drug-likeness (QED) is 0.836. The summed E-state index contributed by atoms with van der Waals surface area (Å²) in [5, 5.41) is 2.75. The first-order chi connectivity index (χ1) is 9.29. The highest BCUT2D eigenvalue weighted by Gasteiger charge is 2.24. The lowest BCUT2D eigenvalue weighted by atomic mass is 10.1. The number of benzene rings is 1. The first-order valence-corrected chi connectivity index (χ1v) is 5.91. The van der Waals surface area contributed by atoms with Crippen molar-refractivity contribution in [2.45, 2.75) is 0 Å². The smallest absolute Gasteiger partial charge is 0.257 e. The molecule has 4 heteroatoms. The maximum Gasteiger partial charge on any atom is 0.257 e. The number of rotatable bonds is 2. The molecule has 2 heterocycles. The summed E-state index contributed by atoms with van der Waals surface area (Å²) >= 11 is 0. The molecule has 0 fully saturated rings. The average molecular weight is 252 g/mol. The molecule has 2 aromatic rings. The summed E-state index contributed by atoms with van der Waals surface area (Å²) in [6.07, 6.45) is 3.48. The van der Waals surface area contributed by atoms with Gasteiger partial charge >= 0.3 is 0 Å². The van der Waals surface area contributed by atoms with Gasteiger partial charge in [0, 0.05) is 17.3 Å². The van der Waals surface area contributed by atoms with Gasteiger partial charge in [-0.15, -0.1) is 0 Å². The summed E-state index contributed by atoms with van der Waals surface area (Å²) < 4.78 is 5.29. The Kier molecular flexibility index (Phi) is 2.76. The molecule has 0 spiro atoms. The van der Waals surface area contributed by atoms with E-state index in [0.717, 1.165) is 16.9 Å². The minimum atomic E-state index is -0.139. The van der Waals surface area contributed by atoms with E-state index in [0.29, 0.717) is 11.4 Å². The number of hydrogen-bond acceptors (Lipinski definition) is 3. The number of para-hydroxylation sites is 1. The van der Waals surface area contributed by atoms with Crippen molar-refractivity contribution in [1.82, 2.24) is 4.98 Å². The summed E-state index contributed by atoms with van der Waals surface area (Å²) in [5.74, 6) is 1.20. The molecule has 94 valence electrons. The van der Waals surface area contributed by atoms with Crippen molar-refractivity contribution < 1.29 is 9.53 Å². The number of carbonyl (C=O) groups excluding carboxylic acids is 1. The summed E-state index contributed by atoms with van der Waals surface area (Å²) in [6, 6.07) is 11.3. The van der Waals surface area contributed by atoms with Crippen molar-refractivity contribution in [3.63, 3.8) is 0 Å². The Labute approximate surface area is 110 Å². The fourth-order valence-corrected chi connectivity index (χ4v) is 2.10. The van der Waals surface area contributed by atoms with Crippen LogP contribution < -0.4 is 10.1 Å². The predicted molar refractivity (Wildman–Crippen MR) is 73.7 cm³/mol. The largest absolute Gasteiger partial charge is 0.496 e. The highest BCUT2D eigenvalue weighted by molar-refractivity contribution is 6.34. The number of aromatic nitrogens is 1. The number of amides is 1. The van der Waals surface area contributed by atoms with Gasteiger partial charge in [-0.1, -0.05) is 18.2 Å². The monoisotopic (exact) mass is 252 g/mol. The Morgan fingerprint density at radius 1 is 1.21 bits per heavy atom. The Bertz CT molecular complexity index is 677. The van der Waals surface area contributed by atoms with E-state index in [1.165, 1.54) is 0 Å². The minimum Gasteiger partial charge on any atom is -0.496 e. The second-order valence-electron chi connectivity index (χ2n) is 4.15. The van der Waals surface area contributed by atoms with Gasteiger partial charge in [-0.05, 0) is 24.3 Å². The van der Waals surface area contributed by atoms with Crippen LogP contribution in [0.4, 0.5) is 5.82 Å². The van der Waals surface area contributed by atoms with Crippen LogP contribution in [0.1, 0.15) is 11.1 Å². The van der Waals surface area contributed by atoms with Crippen LogP contribution in [0.15, 0.2) is 42.6 Å². The molecule has 0 saturated heterocycles. The number of methoxy groups -OCH3 is 1. The van der Waals surface area contributed by atoms with Crippen LogP contribution in [0.5, 0.6) is 5.75 Å². The highest BCUT2D eigenvalue weighted by Crippen LogP contribution is 2.32. The van der Waals surface area contributed by atoms with Gasteiger partial charge in [0.1, 0.15) is 11.6 Å². The number of anilines is 1. The molecule has 1 N–H and O–H groups in total. The van der Waals surface area contributed by atoms with E-state index in [1.807, 2.05) is 42.5 Å². The van der Waals surface area contributed by atoms with E-state index in [1.54, 1.807) is 13.3 Å². The van der Waals surface area contributed by atoms with Gasteiger partial charge < -0.3 is 10.1 Å². The number of fused-ring (bicyclic) bond motifs is 1. The average Bonchev–Trinajstić information content (AvgIpc) is 2.76. The molecular weight excluding hydrogens is 240 g/mol. The molecule has 0 bridgehead atoms. The van der Waals surface area contributed by atoms with Crippen LogP contribution in [-0.2, 0) is 4.79 Å². The van der Waals surface area contributed by atoms with Crippen molar-refractivity contribution in [1.29, 1.82) is 0 Å². The molecule has 4 nitrogen and oxygen atoms in total. The molecule has 0 aliphatic carbocycles. The summed E-state index contributed by atoms with van der Waals surface area (Å²) in [5.41, 5.74) is 2.29. The van der Waals surface area contributed by atoms with E-state index < -0.39 is 0 Å². The van der Waals surface area contributed by atoms with Crippen molar-refractivity contribution in [2.75, 3.05) is 12.4 Å². The number of pyridine rings is 1. The van der Waals surface area contributed by atoms with Gasteiger partial charge in [0.2, 0.25) is 0 Å². The van der Waals surface area contributed by atoms with Crippen molar-refractivity contribution in [2.24, 2.45) is 0 Å². The number of carbonyl (C=O) groups is 1. The van der Waals surface area contributed by atoms with E-state index in [9.17, 15) is 4.79 Å². The molecule has 19 heavy (non-hydrogen) atoms. The van der Waals surface area contributed by atoms with Crippen molar-refractivity contribution in [3.8, 4) is 5.75 Å². The van der Waals surface area contributed by atoms with Crippen LogP contribution >= 0.6 is 0 Å². The third-order valence-electron chi connectivity index (χ3n) is 3.01. The third-order valence-corrected chi connectivity index (χ3v) is 3.01. The molecule has 1 aliphatic rings. The van der Waals surface area contributed by atoms with Crippen LogP contribution in [0, 0.1) is 0 Å².